The molecule has 9 nitrogen and oxygen atoms in total. The van der Waals surface area contributed by atoms with Gasteiger partial charge in [0.05, 0.1) is 18.9 Å². The maximum absolute atomic E-state index is 13.3. The molecule has 0 spiro atoms. The van der Waals surface area contributed by atoms with Gasteiger partial charge in [0.1, 0.15) is 23.9 Å². The zero-order chi connectivity index (χ0) is 23.9. The van der Waals surface area contributed by atoms with Crippen LogP contribution in [0.5, 0.6) is 11.5 Å². The number of nitrogens with one attached hydrogen (secondary N) is 1. The number of rotatable bonds is 9. The lowest BCUT2D eigenvalue weighted by atomic mass is 10.1. The van der Waals surface area contributed by atoms with Gasteiger partial charge in [-0.1, -0.05) is 6.07 Å². The lowest BCUT2D eigenvalue weighted by Gasteiger charge is -2.29. The molecule has 2 aromatic carbocycles. The predicted molar refractivity (Wildman–Crippen MR) is 121 cm³/mol. The van der Waals surface area contributed by atoms with Crippen molar-refractivity contribution in [3.8, 4) is 11.5 Å². The number of fused-ring (bicyclic) bond motifs is 1. The summed E-state index contributed by atoms with van der Waals surface area (Å²) < 4.78 is 29.4. The topological polar surface area (TPSA) is 97.4 Å². The van der Waals surface area contributed by atoms with Crippen molar-refractivity contribution in [2.24, 2.45) is 0 Å². The molecule has 0 saturated carbocycles. The first-order valence-corrected chi connectivity index (χ1v) is 11.1. The molecule has 0 aliphatic carbocycles. The number of ether oxygens (including phenoxy) is 3. The van der Waals surface area contributed by atoms with Crippen molar-refractivity contribution in [3.63, 3.8) is 0 Å². The number of carbonyl (C=O) groups excluding carboxylic acids is 3. The third kappa shape index (κ3) is 6.09. The molecule has 2 heterocycles. The van der Waals surface area contributed by atoms with E-state index in [0.717, 1.165) is 13.1 Å². The highest BCUT2D eigenvalue weighted by Gasteiger charge is 2.28. The lowest BCUT2D eigenvalue weighted by molar-refractivity contribution is -0.125. The van der Waals surface area contributed by atoms with Gasteiger partial charge in [-0.15, -0.1) is 0 Å². The summed E-state index contributed by atoms with van der Waals surface area (Å²) in [6.45, 7) is 3.49. The fourth-order valence-electron chi connectivity index (χ4n) is 3.72. The molecule has 0 bridgehead atoms. The number of halogens is 1. The van der Waals surface area contributed by atoms with Crippen LogP contribution in [0.1, 0.15) is 10.4 Å². The van der Waals surface area contributed by atoms with E-state index in [-0.39, 0.29) is 48.7 Å². The highest BCUT2D eigenvalue weighted by atomic mass is 19.1. The molecule has 2 aliphatic rings. The number of morpholine rings is 1. The maximum atomic E-state index is 13.3. The Morgan fingerprint density at radius 1 is 1.12 bits per heavy atom. The van der Waals surface area contributed by atoms with Crippen molar-refractivity contribution < 1.29 is 33.0 Å². The molecular weight excluding hydrogens is 445 g/mol. The summed E-state index contributed by atoms with van der Waals surface area (Å²) in [6, 6.07) is 10.2. The maximum Gasteiger partial charge on any atom is 0.265 e. The molecule has 2 amide bonds. The Bertz CT molecular complexity index is 1060. The van der Waals surface area contributed by atoms with Gasteiger partial charge in [0.25, 0.3) is 5.91 Å². The lowest BCUT2D eigenvalue weighted by Crippen LogP contribution is -2.47. The fourth-order valence-corrected chi connectivity index (χ4v) is 3.72. The van der Waals surface area contributed by atoms with E-state index >= 15 is 0 Å². The van der Waals surface area contributed by atoms with Gasteiger partial charge in [0, 0.05) is 37.8 Å². The Morgan fingerprint density at radius 3 is 2.74 bits per heavy atom. The number of carbonyl (C=O) groups is 3. The predicted octanol–water partition coefficient (Wildman–Crippen LogP) is 1.26. The number of amides is 2. The zero-order valence-electron chi connectivity index (χ0n) is 18.6. The molecule has 180 valence electrons. The Hall–Kier alpha value is -3.50. The fraction of sp³-hybridized carbons (Fsp3) is 0.375. The molecule has 4 rings (SSSR count). The van der Waals surface area contributed by atoms with E-state index in [0.29, 0.717) is 37.7 Å². The number of anilines is 1. The normalized spacial score (nSPS) is 15.9. The first-order chi connectivity index (χ1) is 16.5. The largest absolute Gasteiger partial charge is 0.485 e. The number of ketones is 1. The molecule has 10 heteroatoms. The van der Waals surface area contributed by atoms with Crippen molar-refractivity contribution in [2.75, 3.05) is 64.1 Å². The van der Waals surface area contributed by atoms with Gasteiger partial charge < -0.3 is 19.5 Å². The second-order valence-electron chi connectivity index (χ2n) is 7.92. The van der Waals surface area contributed by atoms with Crippen LogP contribution in [0, 0.1) is 5.82 Å². The molecule has 0 radical (unpaired) electrons. The van der Waals surface area contributed by atoms with Crippen molar-refractivity contribution in [2.45, 2.75) is 0 Å². The number of nitrogens with zero attached hydrogens (tertiary/aromatic N) is 2. The zero-order valence-corrected chi connectivity index (χ0v) is 18.6. The standard InChI is InChI=1S/C24H26FN3O6/c25-18-2-1-3-19(13-18)33-15-21(29)17-4-5-22-20(12-17)28(24(31)16-34-22)14-23(30)26-6-7-27-8-10-32-11-9-27/h1-5,12-13H,6-11,14-16H2,(H,26,30). The summed E-state index contributed by atoms with van der Waals surface area (Å²) in [6.07, 6.45) is 0. The molecule has 2 aromatic rings. The van der Waals surface area contributed by atoms with Crippen LogP contribution in [0.15, 0.2) is 42.5 Å². The van der Waals surface area contributed by atoms with E-state index in [1.165, 1.54) is 29.2 Å². The van der Waals surface area contributed by atoms with E-state index < -0.39 is 5.82 Å². The van der Waals surface area contributed by atoms with E-state index in [1.54, 1.807) is 18.2 Å². The molecule has 34 heavy (non-hydrogen) atoms. The molecular formula is C24H26FN3O6. The second-order valence-corrected chi connectivity index (χ2v) is 7.92. The number of hydrogen-bond acceptors (Lipinski definition) is 7. The van der Waals surface area contributed by atoms with Gasteiger partial charge in [-0.05, 0) is 30.3 Å². The van der Waals surface area contributed by atoms with Gasteiger partial charge in [0.15, 0.2) is 19.0 Å². The Balaban J connectivity index is 1.37. The van der Waals surface area contributed by atoms with Crippen LogP contribution in [0.4, 0.5) is 10.1 Å². The summed E-state index contributed by atoms with van der Waals surface area (Å²) in [5.74, 6) is -0.867. The number of hydrogen-bond donors (Lipinski definition) is 1. The highest BCUT2D eigenvalue weighted by Crippen LogP contribution is 2.33. The number of benzene rings is 2. The van der Waals surface area contributed by atoms with Crippen LogP contribution in [-0.4, -0.2) is 81.6 Å². The average Bonchev–Trinajstić information content (AvgIpc) is 2.85. The van der Waals surface area contributed by atoms with E-state index in [1.807, 2.05) is 0 Å². The molecule has 0 aromatic heterocycles. The minimum Gasteiger partial charge on any atom is -0.485 e. The van der Waals surface area contributed by atoms with Crippen LogP contribution in [-0.2, 0) is 14.3 Å². The van der Waals surface area contributed by atoms with Gasteiger partial charge in [-0.3, -0.25) is 24.2 Å². The molecule has 1 N–H and O–H groups in total. The quantitative estimate of drug-likeness (QED) is 0.550. The van der Waals surface area contributed by atoms with Gasteiger partial charge in [-0.2, -0.15) is 0 Å². The number of Topliss-reactive ketones (excluding diaryl/α,β-unsaturated/α-hetero) is 1. The van der Waals surface area contributed by atoms with Crippen molar-refractivity contribution in [1.29, 1.82) is 0 Å². The molecule has 2 aliphatic heterocycles. The van der Waals surface area contributed by atoms with Crippen molar-refractivity contribution in [1.82, 2.24) is 10.2 Å². The first kappa shape index (κ1) is 23.7. The van der Waals surface area contributed by atoms with E-state index in [2.05, 4.69) is 10.2 Å². The summed E-state index contributed by atoms with van der Waals surface area (Å²) in [4.78, 5) is 41.1. The molecule has 0 unspecified atom stereocenters. The summed E-state index contributed by atoms with van der Waals surface area (Å²) in [7, 11) is 0. The Kier molecular flexibility index (Phi) is 7.71. The molecule has 1 fully saturated rings. The monoisotopic (exact) mass is 471 g/mol. The minimum absolute atomic E-state index is 0.185. The van der Waals surface area contributed by atoms with Crippen LogP contribution >= 0.6 is 0 Å². The first-order valence-electron chi connectivity index (χ1n) is 11.1. The SMILES string of the molecule is O=C(CN1C(=O)COc2ccc(C(=O)COc3cccc(F)c3)cc21)NCCN1CCOCC1. The van der Waals surface area contributed by atoms with Gasteiger partial charge in [0.2, 0.25) is 5.91 Å². The molecule has 1 saturated heterocycles. The van der Waals surface area contributed by atoms with Crippen LogP contribution in [0.3, 0.4) is 0 Å². The second kappa shape index (κ2) is 11.1. The Labute approximate surface area is 196 Å². The van der Waals surface area contributed by atoms with Crippen molar-refractivity contribution in [3.05, 3.63) is 53.8 Å². The third-order valence-electron chi connectivity index (χ3n) is 5.55. The average molecular weight is 471 g/mol. The summed E-state index contributed by atoms with van der Waals surface area (Å²) in [5, 5.41) is 2.84. The summed E-state index contributed by atoms with van der Waals surface area (Å²) >= 11 is 0. The van der Waals surface area contributed by atoms with Crippen molar-refractivity contribution >= 4 is 23.3 Å². The highest BCUT2D eigenvalue weighted by molar-refractivity contribution is 6.04. The van der Waals surface area contributed by atoms with Crippen LogP contribution in [0.25, 0.3) is 0 Å². The molecule has 0 atom stereocenters. The van der Waals surface area contributed by atoms with Gasteiger partial charge in [-0.25, -0.2) is 4.39 Å². The van der Waals surface area contributed by atoms with E-state index in [4.69, 9.17) is 14.2 Å². The smallest absolute Gasteiger partial charge is 0.265 e. The Morgan fingerprint density at radius 2 is 1.94 bits per heavy atom. The van der Waals surface area contributed by atoms with E-state index in [9.17, 15) is 18.8 Å². The third-order valence-corrected chi connectivity index (χ3v) is 5.55. The summed E-state index contributed by atoms with van der Waals surface area (Å²) in [5.41, 5.74) is 0.627. The minimum atomic E-state index is -0.465. The van der Waals surface area contributed by atoms with Crippen LogP contribution in [0.2, 0.25) is 0 Å². The van der Waals surface area contributed by atoms with Crippen LogP contribution < -0.4 is 19.7 Å². The van der Waals surface area contributed by atoms with Gasteiger partial charge >= 0.3 is 0 Å².